The first-order valence-corrected chi connectivity index (χ1v) is 22.8. The van der Waals surface area contributed by atoms with Crippen LogP contribution in [0, 0.1) is 11.8 Å². The van der Waals surface area contributed by atoms with Gasteiger partial charge in [-0.2, -0.15) is 0 Å². The normalized spacial score (nSPS) is 27.0. The number of H-pyrrole nitrogens is 2. The Balaban J connectivity index is 0.926. The SMILES string of the molecule is C[C@@H]1CC([C@@H](C(=O)N2CCC[C@H]2c2ncc(-c3ccc(-c4ccc(-c5cnc([C@@H]6CCCN6C(=O)[C@H](C6C[C@@H](C)O[C@H](C)C6)N(C)C(=O)O)[nH]5)cc4)cc3)[nH]2)N(C)C(=O)O)C[C@@H](C)O1. The maximum absolute atomic E-state index is 14.2. The maximum Gasteiger partial charge on any atom is 0.407 e. The van der Waals surface area contributed by atoms with Gasteiger partial charge in [-0.15, -0.1) is 0 Å². The number of nitrogens with one attached hydrogen (secondary N) is 2. The van der Waals surface area contributed by atoms with Crippen molar-refractivity contribution >= 4 is 24.0 Å². The summed E-state index contributed by atoms with van der Waals surface area (Å²) in [6, 6.07) is 14.3. The summed E-state index contributed by atoms with van der Waals surface area (Å²) in [5, 5.41) is 20.0. The molecule has 0 unspecified atom stereocenters. The van der Waals surface area contributed by atoms with Crippen molar-refractivity contribution in [3.8, 4) is 33.6 Å². The fourth-order valence-corrected chi connectivity index (χ4v) is 11.0. The highest BCUT2D eigenvalue weighted by atomic mass is 16.5. The predicted octanol–water partition coefficient (Wildman–Crippen LogP) is 7.82. The number of aromatic amines is 2. The van der Waals surface area contributed by atoms with Crippen molar-refractivity contribution in [3.05, 3.63) is 72.6 Å². The second-order valence-corrected chi connectivity index (χ2v) is 18.6. The molecule has 16 nitrogen and oxygen atoms in total. The number of amides is 4. The zero-order valence-electron chi connectivity index (χ0n) is 37.6. The first-order valence-electron chi connectivity index (χ1n) is 22.8. The number of aromatic nitrogens is 4. The number of likely N-dealkylation sites (N-methyl/N-ethyl adjacent to an activating group) is 2. The summed E-state index contributed by atoms with van der Waals surface area (Å²) in [5.41, 5.74) is 5.63. The molecule has 4 aliphatic heterocycles. The third-order valence-corrected chi connectivity index (χ3v) is 13.9. The van der Waals surface area contributed by atoms with Gasteiger partial charge in [-0.3, -0.25) is 19.4 Å². The van der Waals surface area contributed by atoms with Gasteiger partial charge in [-0.25, -0.2) is 19.6 Å². The molecule has 0 saturated carbocycles. The minimum Gasteiger partial charge on any atom is -0.465 e. The molecular formula is C48H62N8O8. The van der Waals surface area contributed by atoms with Crippen LogP contribution in [0.25, 0.3) is 33.6 Å². The zero-order chi connectivity index (χ0) is 45.4. The molecule has 4 saturated heterocycles. The topological polar surface area (TPSA) is 198 Å². The van der Waals surface area contributed by atoms with Crippen molar-refractivity contribution in [2.75, 3.05) is 27.2 Å². The summed E-state index contributed by atoms with van der Waals surface area (Å²) in [5.74, 6) is 0.722. The number of ether oxygens (including phenoxy) is 2. The number of benzene rings is 2. The van der Waals surface area contributed by atoms with E-state index in [1.807, 2.05) is 61.8 Å². The Bertz CT molecular complexity index is 2120. The molecule has 4 aromatic rings. The number of hydrogen-bond acceptors (Lipinski definition) is 8. The summed E-state index contributed by atoms with van der Waals surface area (Å²) in [4.78, 5) is 75.3. The van der Waals surface area contributed by atoms with Crippen molar-refractivity contribution < 1.29 is 38.9 Å². The van der Waals surface area contributed by atoms with Gasteiger partial charge >= 0.3 is 12.2 Å². The van der Waals surface area contributed by atoms with Crippen LogP contribution < -0.4 is 0 Å². The van der Waals surface area contributed by atoms with Crippen molar-refractivity contribution in [1.82, 2.24) is 39.5 Å². The number of imidazole rings is 2. The molecule has 2 aromatic carbocycles. The zero-order valence-corrected chi connectivity index (χ0v) is 37.6. The van der Waals surface area contributed by atoms with E-state index in [0.29, 0.717) is 50.4 Å². The van der Waals surface area contributed by atoms with Crippen LogP contribution in [0.5, 0.6) is 0 Å². The highest BCUT2D eigenvalue weighted by Crippen LogP contribution is 2.39. The Kier molecular flexibility index (Phi) is 13.2. The standard InChI is InChI=1S/C48H62N8O8/c1-27-21-35(22-28(2)63-27)41(53(5)47(59)60)45(57)55-19-7-9-39(55)43-49-25-37(51-43)33-15-11-31(12-16-33)32-13-17-34(18-14-32)38-26-50-44(52-38)40-10-8-20-56(40)46(58)42(54(6)48(61)62)36-23-29(3)64-30(4)24-36/h11-18,25-30,35-36,39-42H,7-10,19-24H2,1-6H3,(H,49,51)(H,50,52)(H,59,60)(H,61,62)/t27-,28-,29-,30-,39+,40+,41+,42+/m1/s1. The Morgan fingerprint density at radius 1 is 0.594 bits per heavy atom. The highest BCUT2D eigenvalue weighted by Gasteiger charge is 2.46. The van der Waals surface area contributed by atoms with Gasteiger partial charge in [0.1, 0.15) is 23.7 Å². The second-order valence-electron chi connectivity index (χ2n) is 18.6. The molecule has 0 spiro atoms. The summed E-state index contributed by atoms with van der Waals surface area (Å²) < 4.78 is 11.8. The van der Waals surface area contributed by atoms with E-state index < -0.39 is 24.3 Å². The first-order chi connectivity index (χ1) is 30.7. The summed E-state index contributed by atoms with van der Waals surface area (Å²) in [7, 11) is 2.98. The quantitative estimate of drug-likeness (QED) is 0.115. The van der Waals surface area contributed by atoms with Gasteiger partial charge in [0, 0.05) is 27.2 Å². The van der Waals surface area contributed by atoms with Gasteiger partial charge in [0.05, 0.1) is 60.3 Å². The second kappa shape index (κ2) is 18.8. The van der Waals surface area contributed by atoms with Crippen LogP contribution in [0.1, 0.15) is 103 Å². The number of likely N-dealkylation sites (tertiary alicyclic amines) is 2. The van der Waals surface area contributed by atoms with E-state index in [9.17, 15) is 29.4 Å². The van der Waals surface area contributed by atoms with Crippen LogP contribution in [-0.4, -0.2) is 137 Å². The van der Waals surface area contributed by atoms with Gasteiger partial charge in [0.2, 0.25) is 11.8 Å². The Hall–Kier alpha value is -5.74. The maximum atomic E-state index is 14.2. The lowest BCUT2D eigenvalue weighted by Gasteiger charge is -2.41. The van der Waals surface area contributed by atoms with E-state index in [2.05, 4.69) is 34.2 Å². The summed E-state index contributed by atoms with van der Waals surface area (Å²) in [6.45, 7) is 8.98. The lowest BCUT2D eigenvalue weighted by Crippen LogP contribution is -2.54. The molecule has 16 heteroatoms. The monoisotopic (exact) mass is 878 g/mol. The summed E-state index contributed by atoms with van der Waals surface area (Å²) >= 11 is 0. The molecule has 0 bridgehead atoms. The molecule has 6 heterocycles. The Morgan fingerprint density at radius 2 is 0.922 bits per heavy atom. The van der Waals surface area contributed by atoms with Crippen molar-refractivity contribution in [3.63, 3.8) is 0 Å². The van der Waals surface area contributed by atoms with Gasteiger partial charge in [-0.05, 0) is 113 Å². The fourth-order valence-electron chi connectivity index (χ4n) is 11.0. The lowest BCUT2D eigenvalue weighted by molar-refractivity contribution is -0.143. The van der Waals surface area contributed by atoms with E-state index in [4.69, 9.17) is 19.4 Å². The third-order valence-electron chi connectivity index (χ3n) is 13.9. The molecule has 8 rings (SSSR count). The van der Waals surface area contributed by atoms with E-state index in [1.165, 1.54) is 23.9 Å². The van der Waals surface area contributed by atoms with Crippen LogP contribution in [0.15, 0.2) is 60.9 Å². The van der Waals surface area contributed by atoms with Crippen LogP contribution in [-0.2, 0) is 19.1 Å². The number of rotatable bonds is 11. The van der Waals surface area contributed by atoms with Crippen molar-refractivity contribution in [2.24, 2.45) is 11.8 Å². The third kappa shape index (κ3) is 9.25. The van der Waals surface area contributed by atoms with Gasteiger partial charge < -0.3 is 39.5 Å². The molecule has 4 amide bonds. The smallest absolute Gasteiger partial charge is 0.407 e. The predicted molar refractivity (Wildman–Crippen MR) is 239 cm³/mol. The number of carbonyl (C=O) groups is 4. The molecule has 0 aliphatic carbocycles. The Morgan fingerprint density at radius 3 is 1.25 bits per heavy atom. The molecule has 4 fully saturated rings. The number of nitrogens with zero attached hydrogens (tertiary/aromatic N) is 6. The number of carboxylic acid groups (broad SMARTS) is 2. The molecule has 4 aliphatic rings. The van der Waals surface area contributed by atoms with Crippen LogP contribution in [0.3, 0.4) is 0 Å². The first kappa shape index (κ1) is 44.9. The largest absolute Gasteiger partial charge is 0.465 e. The average molecular weight is 879 g/mol. The molecular weight excluding hydrogens is 817 g/mol. The molecule has 4 N–H and O–H groups in total. The molecule has 2 aromatic heterocycles. The van der Waals surface area contributed by atoms with Gasteiger partial charge in [-0.1, -0.05) is 48.5 Å². The molecule has 342 valence electrons. The van der Waals surface area contributed by atoms with Crippen molar-refractivity contribution in [2.45, 2.75) is 128 Å². The highest BCUT2D eigenvalue weighted by molar-refractivity contribution is 5.87. The molecule has 64 heavy (non-hydrogen) atoms. The minimum absolute atomic E-state index is 0.0581. The van der Waals surface area contributed by atoms with E-state index >= 15 is 0 Å². The molecule has 8 atom stereocenters. The minimum atomic E-state index is -1.12. The van der Waals surface area contributed by atoms with Crippen LogP contribution in [0.4, 0.5) is 9.59 Å². The average Bonchev–Trinajstić information content (AvgIpc) is 4.10. The fraction of sp³-hybridized carbons (Fsp3) is 0.542. The van der Waals surface area contributed by atoms with Crippen LogP contribution in [0.2, 0.25) is 0 Å². The van der Waals surface area contributed by atoms with Gasteiger partial charge in [0.15, 0.2) is 0 Å². The van der Waals surface area contributed by atoms with Crippen molar-refractivity contribution in [1.29, 1.82) is 0 Å². The van der Waals surface area contributed by atoms with Gasteiger partial charge in [0.25, 0.3) is 0 Å². The van der Waals surface area contributed by atoms with E-state index in [0.717, 1.165) is 59.3 Å². The number of carbonyl (C=O) groups excluding carboxylic acids is 2. The molecule has 0 radical (unpaired) electrons. The van der Waals surface area contributed by atoms with E-state index in [-0.39, 0.29) is 60.1 Å². The lowest BCUT2D eigenvalue weighted by atomic mass is 9.84. The van der Waals surface area contributed by atoms with E-state index in [1.54, 1.807) is 12.4 Å². The van der Waals surface area contributed by atoms with Crippen LogP contribution >= 0.6 is 0 Å². The Labute approximate surface area is 374 Å². The summed E-state index contributed by atoms with van der Waals surface area (Å²) in [6.07, 6.45) is 6.65. The number of hydrogen-bond donors (Lipinski definition) is 4.